The molecule has 2 rings (SSSR count). The SMILES string of the molecule is [CH2]c1ccc2ccccc2n1.[H+]. The first-order valence-electron chi connectivity index (χ1n) is 3.54. The molecular formula is C10H9N+. The van der Waals surface area contributed by atoms with Gasteiger partial charge in [-0.3, -0.25) is 4.98 Å². The topological polar surface area (TPSA) is 12.9 Å². The van der Waals surface area contributed by atoms with Gasteiger partial charge < -0.3 is 0 Å². The van der Waals surface area contributed by atoms with E-state index in [0.717, 1.165) is 11.2 Å². The number of aromatic nitrogens is 1. The third-order valence-electron chi connectivity index (χ3n) is 1.66. The molecule has 11 heavy (non-hydrogen) atoms. The van der Waals surface area contributed by atoms with Crippen LogP contribution in [0.5, 0.6) is 0 Å². The van der Waals surface area contributed by atoms with Gasteiger partial charge in [0.2, 0.25) is 0 Å². The number of hydrogen-bond acceptors (Lipinski definition) is 1. The predicted octanol–water partition coefficient (Wildman–Crippen LogP) is 2.53. The Morgan fingerprint density at radius 3 is 2.82 bits per heavy atom. The lowest BCUT2D eigenvalue weighted by atomic mass is 10.2. The van der Waals surface area contributed by atoms with Crippen LogP contribution < -0.4 is 0 Å². The number of hydrogen-bond donors (Lipinski definition) is 0. The van der Waals surface area contributed by atoms with Gasteiger partial charge in [-0.15, -0.1) is 0 Å². The van der Waals surface area contributed by atoms with Crippen LogP contribution in [0.15, 0.2) is 36.4 Å². The fourth-order valence-corrected chi connectivity index (χ4v) is 1.11. The van der Waals surface area contributed by atoms with Gasteiger partial charge in [-0.1, -0.05) is 24.3 Å². The Morgan fingerprint density at radius 2 is 1.91 bits per heavy atom. The van der Waals surface area contributed by atoms with Gasteiger partial charge in [0.1, 0.15) is 0 Å². The quantitative estimate of drug-likeness (QED) is 0.552. The molecule has 1 radical (unpaired) electrons. The van der Waals surface area contributed by atoms with Gasteiger partial charge >= 0.3 is 1.43 Å². The van der Waals surface area contributed by atoms with Crippen molar-refractivity contribution in [2.45, 2.75) is 0 Å². The van der Waals surface area contributed by atoms with Crippen molar-refractivity contribution in [2.75, 3.05) is 0 Å². The van der Waals surface area contributed by atoms with E-state index in [4.69, 9.17) is 0 Å². The maximum atomic E-state index is 4.26. The van der Waals surface area contributed by atoms with Crippen molar-refractivity contribution in [3.05, 3.63) is 49.0 Å². The van der Waals surface area contributed by atoms with Gasteiger partial charge in [0, 0.05) is 11.1 Å². The van der Waals surface area contributed by atoms with Gasteiger partial charge in [0.25, 0.3) is 0 Å². The van der Waals surface area contributed by atoms with Gasteiger partial charge in [-0.25, -0.2) is 0 Å². The molecular weight excluding hydrogens is 134 g/mol. The predicted molar refractivity (Wildman–Crippen MR) is 47.3 cm³/mol. The zero-order valence-corrected chi connectivity index (χ0v) is 6.12. The van der Waals surface area contributed by atoms with E-state index in [-0.39, 0.29) is 1.43 Å². The molecule has 1 aromatic carbocycles. The van der Waals surface area contributed by atoms with Crippen molar-refractivity contribution in [3.63, 3.8) is 0 Å². The van der Waals surface area contributed by atoms with Crippen LogP contribution in [0.25, 0.3) is 10.9 Å². The second-order valence-corrected chi connectivity index (χ2v) is 2.50. The summed E-state index contributed by atoms with van der Waals surface area (Å²) in [6.07, 6.45) is 0. The fraction of sp³-hybridized carbons (Fsp3) is 0. The number of para-hydroxylation sites is 1. The molecule has 0 unspecified atom stereocenters. The molecule has 1 nitrogen and oxygen atoms in total. The van der Waals surface area contributed by atoms with Crippen molar-refractivity contribution in [2.24, 2.45) is 0 Å². The molecule has 0 saturated heterocycles. The number of benzene rings is 1. The average Bonchev–Trinajstić information content (AvgIpc) is 2.04. The van der Waals surface area contributed by atoms with Crippen LogP contribution in [-0.2, 0) is 0 Å². The third kappa shape index (κ3) is 1.09. The van der Waals surface area contributed by atoms with Gasteiger partial charge in [0.15, 0.2) is 0 Å². The van der Waals surface area contributed by atoms with Crippen LogP contribution in [0, 0.1) is 6.92 Å². The Balaban J connectivity index is 0.000000720. The minimum atomic E-state index is 0. The van der Waals surface area contributed by atoms with Crippen LogP contribution in [0.3, 0.4) is 0 Å². The minimum absolute atomic E-state index is 0. The molecule has 0 aliphatic rings. The van der Waals surface area contributed by atoms with Crippen LogP contribution in [-0.4, -0.2) is 4.98 Å². The van der Waals surface area contributed by atoms with E-state index in [1.165, 1.54) is 5.39 Å². The highest BCUT2D eigenvalue weighted by Gasteiger charge is 1.91. The largest absolute Gasteiger partial charge is 1.00 e. The average molecular weight is 143 g/mol. The van der Waals surface area contributed by atoms with Crippen LogP contribution in [0.2, 0.25) is 0 Å². The third-order valence-corrected chi connectivity index (χ3v) is 1.66. The summed E-state index contributed by atoms with van der Waals surface area (Å²) in [6.45, 7) is 3.76. The molecule has 1 aromatic heterocycles. The van der Waals surface area contributed by atoms with E-state index >= 15 is 0 Å². The molecule has 0 atom stereocenters. The Hall–Kier alpha value is -1.37. The lowest BCUT2D eigenvalue weighted by Gasteiger charge is -1.95. The first-order chi connectivity index (χ1) is 5.36. The lowest BCUT2D eigenvalue weighted by molar-refractivity contribution is 1.34. The first-order valence-corrected chi connectivity index (χ1v) is 3.54. The maximum absolute atomic E-state index is 4.26. The van der Waals surface area contributed by atoms with Crippen molar-refractivity contribution < 1.29 is 1.43 Å². The molecule has 1 heteroatoms. The van der Waals surface area contributed by atoms with E-state index in [1.807, 2.05) is 36.4 Å². The van der Waals surface area contributed by atoms with Gasteiger partial charge in [-0.2, -0.15) is 0 Å². The maximum Gasteiger partial charge on any atom is 1.00 e. The molecule has 53 valence electrons. The number of fused-ring (bicyclic) bond motifs is 1. The fourth-order valence-electron chi connectivity index (χ4n) is 1.11. The Labute approximate surface area is 67.2 Å². The van der Waals surface area contributed by atoms with Crippen molar-refractivity contribution >= 4 is 10.9 Å². The number of pyridine rings is 1. The summed E-state index contributed by atoms with van der Waals surface area (Å²) in [7, 11) is 0. The van der Waals surface area contributed by atoms with E-state index in [9.17, 15) is 0 Å². The molecule has 0 N–H and O–H groups in total. The molecule has 2 aromatic rings. The Morgan fingerprint density at radius 1 is 1.09 bits per heavy atom. The molecule has 0 saturated carbocycles. The summed E-state index contributed by atoms with van der Waals surface area (Å²) >= 11 is 0. The summed E-state index contributed by atoms with van der Waals surface area (Å²) in [4.78, 5) is 4.26. The molecule has 0 amide bonds. The highest BCUT2D eigenvalue weighted by molar-refractivity contribution is 5.78. The van der Waals surface area contributed by atoms with Crippen molar-refractivity contribution in [1.82, 2.24) is 4.98 Å². The van der Waals surface area contributed by atoms with Crippen LogP contribution in [0.1, 0.15) is 7.12 Å². The minimum Gasteiger partial charge on any atom is -0.253 e. The van der Waals surface area contributed by atoms with E-state index < -0.39 is 0 Å². The number of rotatable bonds is 0. The molecule has 0 spiro atoms. The summed E-state index contributed by atoms with van der Waals surface area (Å²) in [6, 6.07) is 12.0. The summed E-state index contributed by atoms with van der Waals surface area (Å²) in [5, 5.41) is 1.17. The second kappa shape index (κ2) is 2.35. The Kier molecular flexibility index (Phi) is 1.35. The van der Waals surface area contributed by atoms with Gasteiger partial charge in [-0.05, 0) is 19.1 Å². The van der Waals surface area contributed by atoms with Crippen LogP contribution in [0.4, 0.5) is 0 Å². The lowest BCUT2D eigenvalue weighted by Crippen LogP contribution is -1.80. The van der Waals surface area contributed by atoms with E-state index in [0.29, 0.717) is 0 Å². The normalized spacial score (nSPS) is 10.3. The van der Waals surface area contributed by atoms with E-state index in [1.54, 1.807) is 0 Å². The first kappa shape index (κ1) is 6.35. The van der Waals surface area contributed by atoms with Crippen molar-refractivity contribution in [1.29, 1.82) is 0 Å². The molecule has 1 heterocycles. The molecule has 0 fully saturated rings. The second-order valence-electron chi connectivity index (χ2n) is 2.50. The summed E-state index contributed by atoms with van der Waals surface area (Å²) in [5.74, 6) is 0. The zero-order valence-electron chi connectivity index (χ0n) is 7.12. The van der Waals surface area contributed by atoms with Crippen LogP contribution >= 0.6 is 0 Å². The monoisotopic (exact) mass is 143 g/mol. The smallest absolute Gasteiger partial charge is 0.253 e. The van der Waals surface area contributed by atoms with Crippen molar-refractivity contribution in [3.8, 4) is 0 Å². The Bertz CT molecular complexity index is 384. The standard InChI is InChI=1S/C10H8N/c1-8-6-7-9-4-2-3-5-10(9)11-8/h2-7H,1H2/p+1. The summed E-state index contributed by atoms with van der Waals surface area (Å²) < 4.78 is 0. The summed E-state index contributed by atoms with van der Waals surface area (Å²) in [5.41, 5.74) is 1.84. The van der Waals surface area contributed by atoms with Gasteiger partial charge in [0.05, 0.1) is 5.52 Å². The van der Waals surface area contributed by atoms with E-state index in [2.05, 4.69) is 11.9 Å². The molecule has 0 bridgehead atoms. The molecule has 0 aliphatic carbocycles. The zero-order chi connectivity index (χ0) is 7.68. The number of nitrogens with zero attached hydrogens (tertiary/aromatic N) is 1. The highest BCUT2D eigenvalue weighted by Crippen LogP contribution is 2.10. The molecule has 0 aliphatic heterocycles. The highest BCUT2D eigenvalue weighted by atomic mass is 14.7.